The summed E-state index contributed by atoms with van der Waals surface area (Å²) in [4.78, 5) is 24.6. The molecule has 3 aromatic rings. The molecule has 0 bridgehead atoms. The smallest absolute Gasteiger partial charge is 0.407 e. The molecule has 7 heteroatoms. The van der Waals surface area contributed by atoms with E-state index in [2.05, 4.69) is 35.0 Å². The van der Waals surface area contributed by atoms with Gasteiger partial charge in [0.25, 0.3) is 5.91 Å². The number of alkyl carbamates (subject to hydrolysis) is 1. The minimum absolute atomic E-state index is 0. The highest BCUT2D eigenvalue weighted by Gasteiger charge is 2.29. The second-order valence-corrected chi connectivity index (χ2v) is 7.22. The molecule has 0 unspecified atom stereocenters. The first-order chi connectivity index (χ1) is 14.7. The van der Waals surface area contributed by atoms with Gasteiger partial charge >= 0.3 is 6.09 Å². The van der Waals surface area contributed by atoms with Crippen molar-refractivity contribution in [2.24, 2.45) is 5.84 Å². The molecule has 0 saturated carbocycles. The number of ether oxygens (including phenoxy) is 1. The van der Waals surface area contributed by atoms with Crippen molar-refractivity contribution in [2.75, 3.05) is 6.61 Å². The number of nitrogens with two attached hydrogens (primary N) is 1. The number of amides is 2. The molecule has 0 saturated heterocycles. The zero-order chi connectivity index (χ0) is 20.9. The number of carbonyl (C=O) groups is 2. The van der Waals surface area contributed by atoms with E-state index < -0.39 is 18.0 Å². The molecule has 1 aliphatic carbocycles. The van der Waals surface area contributed by atoms with E-state index in [0.29, 0.717) is 6.42 Å². The first-order valence-corrected chi connectivity index (χ1v) is 9.83. The van der Waals surface area contributed by atoms with Gasteiger partial charge in [-0.2, -0.15) is 0 Å². The van der Waals surface area contributed by atoms with E-state index in [1.165, 1.54) is 0 Å². The predicted molar refractivity (Wildman–Crippen MR) is 122 cm³/mol. The summed E-state index contributed by atoms with van der Waals surface area (Å²) < 4.78 is 5.53. The number of hydrogen-bond donors (Lipinski definition) is 3. The van der Waals surface area contributed by atoms with E-state index in [9.17, 15) is 9.59 Å². The fourth-order valence-electron chi connectivity index (χ4n) is 3.94. The Kier molecular flexibility index (Phi) is 7.28. The Morgan fingerprint density at radius 1 is 0.871 bits per heavy atom. The maximum atomic E-state index is 12.5. The van der Waals surface area contributed by atoms with Crippen molar-refractivity contribution in [2.45, 2.75) is 18.4 Å². The van der Waals surface area contributed by atoms with Crippen LogP contribution in [0.4, 0.5) is 4.79 Å². The fraction of sp³-hybridized carbons (Fsp3) is 0.167. The average molecular weight is 438 g/mol. The van der Waals surface area contributed by atoms with Gasteiger partial charge < -0.3 is 10.1 Å². The summed E-state index contributed by atoms with van der Waals surface area (Å²) in [6.07, 6.45) is -0.338. The van der Waals surface area contributed by atoms with Crippen LogP contribution < -0.4 is 16.6 Å². The third-order valence-corrected chi connectivity index (χ3v) is 5.38. The Hall–Kier alpha value is -3.35. The van der Waals surface area contributed by atoms with Crippen LogP contribution in [-0.4, -0.2) is 24.6 Å². The lowest BCUT2D eigenvalue weighted by Crippen LogP contribution is -2.50. The molecule has 1 atom stereocenters. The summed E-state index contributed by atoms with van der Waals surface area (Å²) in [5, 5.41) is 2.63. The molecular formula is C24H24ClN3O3. The van der Waals surface area contributed by atoms with Crippen molar-refractivity contribution in [3.63, 3.8) is 0 Å². The lowest BCUT2D eigenvalue weighted by Gasteiger charge is -2.19. The van der Waals surface area contributed by atoms with Gasteiger partial charge in [0, 0.05) is 12.3 Å². The van der Waals surface area contributed by atoms with Crippen LogP contribution in [0.3, 0.4) is 0 Å². The summed E-state index contributed by atoms with van der Waals surface area (Å²) in [7, 11) is 0. The number of halogens is 1. The largest absolute Gasteiger partial charge is 0.449 e. The van der Waals surface area contributed by atoms with Gasteiger partial charge in [-0.15, -0.1) is 12.4 Å². The summed E-state index contributed by atoms with van der Waals surface area (Å²) in [5.41, 5.74) is 7.59. The highest BCUT2D eigenvalue weighted by Crippen LogP contribution is 2.44. The van der Waals surface area contributed by atoms with Crippen molar-refractivity contribution in [3.8, 4) is 11.1 Å². The Labute approximate surface area is 187 Å². The minimum Gasteiger partial charge on any atom is -0.449 e. The summed E-state index contributed by atoms with van der Waals surface area (Å²) in [6, 6.07) is 24.8. The Balaban J connectivity index is 0.00000272. The third kappa shape index (κ3) is 4.87. The van der Waals surface area contributed by atoms with Crippen molar-refractivity contribution in [1.82, 2.24) is 10.7 Å². The zero-order valence-corrected chi connectivity index (χ0v) is 17.6. The third-order valence-electron chi connectivity index (χ3n) is 5.38. The van der Waals surface area contributed by atoms with Gasteiger partial charge in [-0.3, -0.25) is 10.2 Å². The highest BCUT2D eigenvalue weighted by molar-refractivity contribution is 5.86. The number of hydrazine groups is 1. The maximum absolute atomic E-state index is 12.5. The molecule has 2 amide bonds. The first kappa shape index (κ1) is 22.3. The molecule has 6 nitrogen and oxygen atoms in total. The molecule has 160 valence electrons. The lowest BCUT2D eigenvalue weighted by molar-refractivity contribution is -0.123. The van der Waals surface area contributed by atoms with E-state index in [4.69, 9.17) is 10.6 Å². The van der Waals surface area contributed by atoms with Gasteiger partial charge in [-0.05, 0) is 27.8 Å². The number of rotatable bonds is 6. The minimum atomic E-state index is -0.826. The van der Waals surface area contributed by atoms with Crippen molar-refractivity contribution in [1.29, 1.82) is 0 Å². The van der Waals surface area contributed by atoms with Crippen LogP contribution in [-0.2, 0) is 16.0 Å². The summed E-state index contributed by atoms with van der Waals surface area (Å²) in [5.74, 6) is 4.77. The number of benzene rings is 3. The number of nitrogens with one attached hydrogen (secondary N) is 2. The van der Waals surface area contributed by atoms with Crippen LogP contribution in [0.15, 0.2) is 78.9 Å². The molecule has 31 heavy (non-hydrogen) atoms. The number of hydrogen-bond acceptors (Lipinski definition) is 4. The monoisotopic (exact) mass is 437 g/mol. The van der Waals surface area contributed by atoms with E-state index in [0.717, 1.165) is 27.8 Å². The van der Waals surface area contributed by atoms with Gasteiger partial charge in [-0.1, -0.05) is 78.9 Å². The Bertz CT molecular complexity index is 1010. The summed E-state index contributed by atoms with van der Waals surface area (Å²) in [6.45, 7) is 0.183. The SMILES string of the molecule is Cl.NNC(=O)[C@H](Cc1ccccc1)NC(=O)OCC1c2ccccc2-c2ccccc21. The van der Waals surface area contributed by atoms with Crippen molar-refractivity contribution in [3.05, 3.63) is 95.6 Å². The maximum Gasteiger partial charge on any atom is 0.407 e. The number of carbonyl (C=O) groups excluding carboxylic acids is 2. The van der Waals surface area contributed by atoms with Crippen LogP contribution in [0.5, 0.6) is 0 Å². The second kappa shape index (κ2) is 10.1. The quantitative estimate of drug-likeness (QED) is 0.312. The molecule has 0 aromatic heterocycles. The van der Waals surface area contributed by atoms with Crippen molar-refractivity contribution < 1.29 is 14.3 Å². The topological polar surface area (TPSA) is 93.5 Å². The van der Waals surface area contributed by atoms with E-state index in [1.807, 2.05) is 54.6 Å². The lowest BCUT2D eigenvalue weighted by atomic mass is 9.98. The first-order valence-electron chi connectivity index (χ1n) is 9.83. The highest BCUT2D eigenvalue weighted by atomic mass is 35.5. The van der Waals surface area contributed by atoms with Crippen LogP contribution in [0.25, 0.3) is 11.1 Å². The summed E-state index contributed by atoms with van der Waals surface area (Å²) >= 11 is 0. The molecule has 0 aliphatic heterocycles. The Morgan fingerprint density at radius 2 is 1.42 bits per heavy atom. The number of fused-ring (bicyclic) bond motifs is 3. The van der Waals surface area contributed by atoms with Crippen LogP contribution in [0.2, 0.25) is 0 Å². The van der Waals surface area contributed by atoms with E-state index in [-0.39, 0.29) is 24.9 Å². The van der Waals surface area contributed by atoms with E-state index in [1.54, 1.807) is 0 Å². The van der Waals surface area contributed by atoms with E-state index >= 15 is 0 Å². The molecule has 0 radical (unpaired) electrons. The molecule has 4 rings (SSSR count). The van der Waals surface area contributed by atoms with Gasteiger partial charge in [0.1, 0.15) is 12.6 Å². The van der Waals surface area contributed by atoms with Crippen molar-refractivity contribution >= 4 is 24.4 Å². The fourth-order valence-corrected chi connectivity index (χ4v) is 3.94. The zero-order valence-electron chi connectivity index (χ0n) is 16.8. The Morgan fingerprint density at radius 3 is 2.00 bits per heavy atom. The molecule has 3 aromatic carbocycles. The molecule has 4 N–H and O–H groups in total. The average Bonchev–Trinajstić information content (AvgIpc) is 3.11. The predicted octanol–water partition coefficient (Wildman–Crippen LogP) is 3.55. The molecular weight excluding hydrogens is 414 g/mol. The van der Waals surface area contributed by atoms with Crippen LogP contribution >= 0.6 is 12.4 Å². The standard InChI is InChI=1S/C24H23N3O3.ClH/c25-27-23(28)22(14-16-8-2-1-3-9-16)26-24(29)30-15-21-19-12-6-4-10-17(19)18-11-5-7-13-20(18)21;/h1-13,21-22H,14-15,25H2,(H,26,29)(H,27,28);1H/t22-;/m0./s1. The second-order valence-electron chi connectivity index (χ2n) is 7.22. The molecule has 0 fully saturated rings. The molecule has 0 spiro atoms. The van der Waals surface area contributed by atoms with Crippen LogP contribution in [0, 0.1) is 0 Å². The normalized spacial score (nSPS) is 12.7. The van der Waals surface area contributed by atoms with Gasteiger partial charge in [0.15, 0.2) is 0 Å². The molecule has 1 aliphatic rings. The van der Waals surface area contributed by atoms with Gasteiger partial charge in [-0.25, -0.2) is 10.6 Å². The van der Waals surface area contributed by atoms with Gasteiger partial charge in [0.05, 0.1) is 0 Å². The van der Waals surface area contributed by atoms with Crippen LogP contribution in [0.1, 0.15) is 22.6 Å². The molecule has 0 heterocycles. The van der Waals surface area contributed by atoms with Gasteiger partial charge in [0.2, 0.25) is 0 Å².